The van der Waals surface area contributed by atoms with Crippen LogP contribution in [0.1, 0.15) is 37.8 Å². The Balaban J connectivity index is 2.28. The quantitative estimate of drug-likeness (QED) is 0.818. The van der Waals surface area contributed by atoms with Crippen LogP contribution in [0.25, 0.3) is 0 Å². The van der Waals surface area contributed by atoms with Crippen LogP contribution in [0.2, 0.25) is 5.02 Å². The highest BCUT2D eigenvalue weighted by atomic mass is 35.5. The van der Waals surface area contributed by atoms with E-state index in [4.69, 9.17) is 11.6 Å². The van der Waals surface area contributed by atoms with Gasteiger partial charge in [0, 0.05) is 21.7 Å². The second-order valence-corrected chi connectivity index (χ2v) is 6.84. The van der Waals surface area contributed by atoms with Crippen LogP contribution in [0.5, 0.6) is 0 Å². The summed E-state index contributed by atoms with van der Waals surface area (Å²) in [4.78, 5) is 0. The third-order valence-electron chi connectivity index (χ3n) is 3.87. The van der Waals surface area contributed by atoms with Gasteiger partial charge in [-0.2, -0.15) is 10.4 Å². The van der Waals surface area contributed by atoms with E-state index >= 15 is 0 Å². The molecule has 0 saturated carbocycles. The van der Waals surface area contributed by atoms with E-state index in [0.29, 0.717) is 10.6 Å². The fourth-order valence-electron chi connectivity index (χ4n) is 2.85. The van der Waals surface area contributed by atoms with E-state index in [9.17, 15) is 5.26 Å². The lowest BCUT2D eigenvalue weighted by Gasteiger charge is -2.33. The summed E-state index contributed by atoms with van der Waals surface area (Å²) < 4.78 is 0. The summed E-state index contributed by atoms with van der Waals surface area (Å²) in [5, 5.41) is 20.9. The van der Waals surface area contributed by atoms with Crippen molar-refractivity contribution in [3.05, 3.63) is 57.9 Å². The molecular formula is C17H17ClN4. The minimum Gasteiger partial charge on any atom is -0.342 e. The van der Waals surface area contributed by atoms with E-state index in [0.717, 1.165) is 22.6 Å². The van der Waals surface area contributed by atoms with Crippen LogP contribution in [0.3, 0.4) is 0 Å². The fourth-order valence-corrected chi connectivity index (χ4v) is 3.10. The Morgan fingerprint density at radius 2 is 1.95 bits per heavy atom. The predicted octanol–water partition coefficient (Wildman–Crippen LogP) is 4.44. The monoisotopic (exact) mass is 312 g/mol. The number of hydrogen-bond donors (Lipinski definition) is 2. The molecule has 5 heteroatoms. The molecule has 2 heterocycles. The summed E-state index contributed by atoms with van der Waals surface area (Å²) in [6.07, 6.45) is 1.76. The average molecular weight is 313 g/mol. The van der Waals surface area contributed by atoms with Crippen LogP contribution in [0.4, 0.5) is 5.82 Å². The number of benzene rings is 1. The van der Waals surface area contributed by atoms with Crippen molar-refractivity contribution in [2.45, 2.75) is 26.7 Å². The Bertz CT molecular complexity index is 789. The van der Waals surface area contributed by atoms with E-state index < -0.39 is 0 Å². The molecule has 1 aromatic heterocycles. The lowest BCUT2D eigenvalue weighted by atomic mass is 9.77. The van der Waals surface area contributed by atoms with Gasteiger partial charge in [-0.3, -0.25) is 5.10 Å². The van der Waals surface area contributed by atoms with Gasteiger partial charge in [0.1, 0.15) is 5.82 Å². The lowest BCUT2D eigenvalue weighted by molar-refractivity contribution is 0.498. The number of nitriles is 1. The van der Waals surface area contributed by atoms with Gasteiger partial charge in [-0.1, -0.05) is 50.6 Å². The first-order valence-corrected chi connectivity index (χ1v) is 7.50. The number of rotatable bonds is 1. The number of nitrogens with one attached hydrogen (secondary N) is 2. The maximum Gasteiger partial charge on any atom is 0.129 e. The van der Waals surface area contributed by atoms with Crippen LogP contribution in [-0.4, -0.2) is 10.2 Å². The molecule has 1 aliphatic heterocycles. The molecule has 2 N–H and O–H groups in total. The summed E-state index contributed by atoms with van der Waals surface area (Å²) in [5.74, 6) is 0.622. The van der Waals surface area contributed by atoms with Crippen molar-refractivity contribution in [3.8, 4) is 6.07 Å². The largest absolute Gasteiger partial charge is 0.342 e. The third-order valence-corrected chi connectivity index (χ3v) is 4.22. The zero-order valence-electron chi connectivity index (χ0n) is 12.7. The Hall–Kier alpha value is -2.25. The van der Waals surface area contributed by atoms with Crippen LogP contribution < -0.4 is 5.32 Å². The number of aromatic amines is 1. The molecule has 0 radical (unpaired) electrons. The average Bonchev–Trinajstić information content (AvgIpc) is 2.93. The molecule has 1 atom stereocenters. The molecule has 0 bridgehead atoms. The summed E-state index contributed by atoms with van der Waals surface area (Å²) in [7, 11) is 0. The molecule has 0 spiro atoms. The van der Waals surface area contributed by atoms with Gasteiger partial charge in [-0.15, -0.1) is 0 Å². The van der Waals surface area contributed by atoms with Gasteiger partial charge in [-0.25, -0.2) is 0 Å². The van der Waals surface area contributed by atoms with E-state index in [2.05, 4.69) is 42.4 Å². The molecule has 1 aromatic carbocycles. The highest BCUT2D eigenvalue weighted by molar-refractivity contribution is 6.31. The summed E-state index contributed by atoms with van der Waals surface area (Å²) in [6.45, 7) is 6.24. The zero-order valence-corrected chi connectivity index (χ0v) is 13.5. The van der Waals surface area contributed by atoms with Crippen LogP contribution in [-0.2, 0) is 0 Å². The Kier molecular flexibility index (Phi) is 3.46. The maximum atomic E-state index is 9.79. The minimum absolute atomic E-state index is 0.187. The first-order valence-electron chi connectivity index (χ1n) is 7.13. The second-order valence-electron chi connectivity index (χ2n) is 6.43. The molecular weight excluding hydrogens is 296 g/mol. The van der Waals surface area contributed by atoms with E-state index in [1.807, 2.05) is 24.3 Å². The van der Waals surface area contributed by atoms with E-state index in [-0.39, 0.29) is 11.3 Å². The normalized spacial score (nSPS) is 17.7. The van der Waals surface area contributed by atoms with Gasteiger partial charge >= 0.3 is 0 Å². The van der Waals surface area contributed by atoms with E-state index in [1.54, 1.807) is 6.20 Å². The van der Waals surface area contributed by atoms with Gasteiger partial charge in [0.2, 0.25) is 0 Å². The summed E-state index contributed by atoms with van der Waals surface area (Å²) >= 11 is 6.39. The lowest BCUT2D eigenvalue weighted by Crippen LogP contribution is -2.26. The number of H-pyrrole nitrogens is 1. The van der Waals surface area contributed by atoms with Crippen molar-refractivity contribution < 1.29 is 0 Å². The molecule has 2 aromatic rings. The highest BCUT2D eigenvalue weighted by Crippen LogP contribution is 2.46. The Labute approximate surface area is 134 Å². The van der Waals surface area contributed by atoms with Gasteiger partial charge < -0.3 is 5.32 Å². The molecule has 0 saturated heterocycles. The topological polar surface area (TPSA) is 64.5 Å². The molecule has 4 nitrogen and oxygen atoms in total. The van der Waals surface area contributed by atoms with Crippen LogP contribution >= 0.6 is 11.6 Å². The molecule has 0 aliphatic carbocycles. The molecule has 3 rings (SSSR count). The molecule has 1 unspecified atom stereocenters. The number of fused-ring (bicyclic) bond motifs is 1. The van der Waals surface area contributed by atoms with Crippen LogP contribution in [0.15, 0.2) is 41.7 Å². The van der Waals surface area contributed by atoms with Crippen molar-refractivity contribution in [3.63, 3.8) is 0 Å². The zero-order chi connectivity index (χ0) is 15.9. The van der Waals surface area contributed by atoms with Gasteiger partial charge in [-0.05, 0) is 11.6 Å². The van der Waals surface area contributed by atoms with Gasteiger partial charge in [0.25, 0.3) is 0 Å². The summed E-state index contributed by atoms with van der Waals surface area (Å²) in [5.41, 5.74) is 3.27. The highest BCUT2D eigenvalue weighted by Gasteiger charge is 2.35. The van der Waals surface area contributed by atoms with Crippen LogP contribution in [0, 0.1) is 16.7 Å². The smallest absolute Gasteiger partial charge is 0.129 e. The fraction of sp³-hybridized carbons (Fsp3) is 0.294. The predicted molar refractivity (Wildman–Crippen MR) is 87.6 cm³/mol. The molecule has 0 fully saturated rings. The Morgan fingerprint density at radius 3 is 2.59 bits per heavy atom. The summed E-state index contributed by atoms with van der Waals surface area (Å²) in [6, 6.07) is 10.0. The number of hydrogen-bond acceptors (Lipinski definition) is 3. The maximum absolute atomic E-state index is 9.79. The first kappa shape index (κ1) is 14.7. The first-order chi connectivity index (χ1) is 10.4. The number of halogens is 1. The molecule has 22 heavy (non-hydrogen) atoms. The van der Waals surface area contributed by atoms with Gasteiger partial charge in [0.05, 0.1) is 23.8 Å². The van der Waals surface area contributed by atoms with Crippen molar-refractivity contribution >= 4 is 17.4 Å². The number of aromatic nitrogens is 2. The van der Waals surface area contributed by atoms with E-state index in [1.165, 1.54) is 0 Å². The number of nitrogens with zero attached hydrogens (tertiary/aromatic N) is 2. The minimum atomic E-state index is -0.206. The van der Waals surface area contributed by atoms with Crippen molar-refractivity contribution in [1.29, 1.82) is 5.26 Å². The van der Waals surface area contributed by atoms with Crippen molar-refractivity contribution in [1.82, 2.24) is 10.2 Å². The second kappa shape index (κ2) is 5.19. The molecule has 112 valence electrons. The third kappa shape index (κ3) is 2.28. The SMILES string of the molecule is CC(C)(C)C1=C(C#N)C(c2ccccc2Cl)c2cn[nH]c2N1. The van der Waals surface area contributed by atoms with Gasteiger partial charge in [0.15, 0.2) is 0 Å². The standard InChI is InChI=1S/C17H17ClN4/c1-17(2,3)15-11(8-19)14(10-6-4-5-7-13(10)18)12-9-20-22-16(12)21-15/h4-7,9,14H,1-3H3,(H2,20,21,22). The molecule has 0 amide bonds. The number of anilines is 1. The molecule has 1 aliphatic rings. The van der Waals surface area contributed by atoms with Crippen molar-refractivity contribution in [2.75, 3.05) is 5.32 Å². The number of allylic oxidation sites excluding steroid dienone is 2. The Morgan fingerprint density at radius 1 is 1.23 bits per heavy atom. The van der Waals surface area contributed by atoms with Crippen molar-refractivity contribution in [2.24, 2.45) is 5.41 Å².